The standard InChI is InChI=1S/C13H24N4/c1-13(2,3)8-12-10-17(16-15-12)9-11-4-6-14-7-5-11/h10-11,14H,4-9H2,1-3H3. The molecule has 0 bridgehead atoms. The van der Waals surface area contributed by atoms with Crippen molar-refractivity contribution in [3.8, 4) is 0 Å². The molecule has 2 heterocycles. The Hall–Kier alpha value is -0.900. The SMILES string of the molecule is CC(C)(C)Cc1cn(CC2CCNCC2)nn1. The molecule has 0 unspecified atom stereocenters. The Balaban J connectivity index is 1.89. The molecule has 96 valence electrons. The second-order valence-electron chi connectivity index (χ2n) is 6.36. The maximum Gasteiger partial charge on any atom is 0.0832 e. The van der Waals surface area contributed by atoms with Gasteiger partial charge in [0.25, 0.3) is 0 Å². The molecule has 0 atom stereocenters. The van der Waals surface area contributed by atoms with Crippen LogP contribution >= 0.6 is 0 Å². The van der Waals surface area contributed by atoms with Crippen LogP contribution in [0.25, 0.3) is 0 Å². The van der Waals surface area contributed by atoms with Gasteiger partial charge in [-0.25, -0.2) is 0 Å². The fourth-order valence-corrected chi connectivity index (χ4v) is 2.38. The second kappa shape index (κ2) is 5.17. The lowest BCUT2D eigenvalue weighted by Gasteiger charge is -2.22. The fourth-order valence-electron chi connectivity index (χ4n) is 2.38. The average molecular weight is 236 g/mol. The van der Waals surface area contributed by atoms with Crippen LogP contribution in [0.15, 0.2) is 6.20 Å². The van der Waals surface area contributed by atoms with Crippen molar-refractivity contribution in [2.24, 2.45) is 11.3 Å². The lowest BCUT2D eigenvalue weighted by molar-refractivity contribution is 0.318. The number of nitrogens with one attached hydrogen (secondary N) is 1. The summed E-state index contributed by atoms with van der Waals surface area (Å²) in [5.74, 6) is 0.764. The summed E-state index contributed by atoms with van der Waals surface area (Å²) in [6.45, 7) is 10.0. The van der Waals surface area contributed by atoms with Crippen molar-refractivity contribution < 1.29 is 0 Å². The minimum atomic E-state index is 0.287. The molecule has 1 saturated heterocycles. The van der Waals surface area contributed by atoms with Gasteiger partial charge in [0.2, 0.25) is 0 Å². The Kier molecular flexibility index (Phi) is 3.82. The highest BCUT2D eigenvalue weighted by Gasteiger charge is 2.16. The molecule has 4 nitrogen and oxygen atoms in total. The predicted molar refractivity (Wildman–Crippen MR) is 68.8 cm³/mol. The molecule has 2 rings (SSSR count). The Morgan fingerprint density at radius 3 is 2.71 bits per heavy atom. The van der Waals surface area contributed by atoms with E-state index >= 15 is 0 Å². The third-order valence-corrected chi connectivity index (χ3v) is 3.20. The number of hydrogen-bond donors (Lipinski definition) is 1. The molecule has 1 aliphatic rings. The third kappa shape index (κ3) is 4.11. The van der Waals surface area contributed by atoms with Crippen molar-refractivity contribution in [1.82, 2.24) is 20.3 Å². The van der Waals surface area contributed by atoms with E-state index in [4.69, 9.17) is 0 Å². The molecule has 1 N–H and O–H groups in total. The lowest BCUT2D eigenvalue weighted by Crippen LogP contribution is -2.30. The minimum absolute atomic E-state index is 0.287. The van der Waals surface area contributed by atoms with Crippen LogP contribution in [0.4, 0.5) is 0 Å². The number of hydrogen-bond acceptors (Lipinski definition) is 3. The summed E-state index contributed by atoms with van der Waals surface area (Å²) >= 11 is 0. The Morgan fingerprint density at radius 1 is 1.35 bits per heavy atom. The summed E-state index contributed by atoms with van der Waals surface area (Å²) in [6, 6.07) is 0. The molecule has 0 radical (unpaired) electrons. The first-order valence-corrected chi connectivity index (χ1v) is 6.63. The zero-order chi connectivity index (χ0) is 12.3. The fraction of sp³-hybridized carbons (Fsp3) is 0.846. The summed E-state index contributed by atoms with van der Waals surface area (Å²) in [4.78, 5) is 0. The quantitative estimate of drug-likeness (QED) is 0.871. The predicted octanol–water partition coefficient (Wildman–Crippen LogP) is 1.87. The van der Waals surface area contributed by atoms with Crippen LogP contribution < -0.4 is 5.32 Å². The molecule has 0 aliphatic carbocycles. The van der Waals surface area contributed by atoms with Crippen LogP contribution in [0.2, 0.25) is 0 Å². The second-order valence-corrected chi connectivity index (χ2v) is 6.36. The number of rotatable bonds is 3. The maximum absolute atomic E-state index is 4.26. The number of nitrogens with zero attached hydrogens (tertiary/aromatic N) is 3. The molecule has 17 heavy (non-hydrogen) atoms. The molecule has 0 amide bonds. The van der Waals surface area contributed by atoms with Gasteiger partial charge in [-0.2, -0.15) is 0 Å². The number of piperidine rings is 1. The summed E-state index contributed by atoms with van der Waals surface area (Å²) in [5, 5.41) is 11.9. The summed E-state index contributed by atoms with van der Waals surface area (Å²) in [7, 11) is 0. The monoisotopic (exact) mass is 236 g/mol. The van der Waals surface area contributed by atoms with Crippen molar-refractivity contribution in [1.29, 1.82) is 0 Å². The van der Waals surface area contributed by atoms with Crippen molar-refractivity contribution in [3.63, 3.8) is 0 Å². The molecular formula is C13H24N4. The molecule has 1 aliphatic heterocycles. The van der Waals surface area contributed by atoms with Gasteiger partial charge < -0.3 is 5.32 Å². The maximum atomic E-state index is 4.26. The van der Waals surface area contributed by atoms with Crippen LogP contribution in [0.3, 0.4) is 0 Å². The summed E-state index contributed by atoms with van der Waals surface area (Å²) < 4.78 is 2.02. The molecular weight excluding hydrogens is 212 g/mol. The topological polar surface area (TPSA) is 42.7 Å². The van der Waals surface area contributed by atoms with Crippen molar-refractivity contribution in [2.45, 2.75) is 46.6 Å². The van der Waals surface area contributed by atoms with E-state index in [-0.39, 0.29) is 5.41 Å². The van der Waals surface area contributed by atoms with E-state index in [1.807, 2.05) is 4.68 Å². The molecule has 1 aromatic heterocycles. The van der Waals surface area contributed by atoms with Gasteiger partial charge in [-0.1, -0.05) is 26.0 Å². The van der Waals surface area contributed by atoms with E-state index < -0.39 is 0 Å². The largest absolute Gasteiger partial charge is 0.317 e. The van der Waals surface area contributed by atoms with Gasteiger partial charge in [0.1, 0.15) is 0 Å². The van der Waals surface area contributed by atoms with Crippen LogP contribution in [-0.4, -0.2) is 28.1 Å². The highest BCUT2D eigenvalue weighted by Crippen LogP contribution is 2.19. The first-order chi connectivity index (χ1) is 8.03. The molecule has 1 fully saturated rings. The van der Waals surface area contributed by atoms with Gasteiger partial charge in [-0.3, -0.25) is 4.68 Å². The molecule has 4 heteroatoms. The van der Waals surface area contributed by atoms with Crippen LogP contribution in [0.5, 0.6) is 0 Å². The zero-order valence-corrected chi connectivity index (χ0v) is 11.2. The zero-order valence-electron chi connectivity index (χ0n) is 11.2. The minimum Gasteiger partial charge on any atom is -0.317 e. The van der Waals surface area contributed by atoms with Gasteiger partial charge in [0.05, 0.1) is 5.69 Å². The van der Waals surface area contributed by atoms with Gasteiger partial charge in [-0.05, 0) is 43.7 Å². The molecule has 1 aromatic rings. The van der Waals surface area contributed by atoms with Crippen LogP contribution in [0.1, 0.15) is 39.3 Å². The molecule has 0 spiro atoms. The Labute approximate surface area is 104 Å². The van der Waals surface area contributed by atoms with Gasteiger partial charge in [-0.15, -0.1) is 5.10 Å². The van der Waals surface area contributed by atoms with Crippen LogP contribution in [-0.2, 0) is 13.0 Å². The normalized spacial score (nSPS) is 18.5. The van der Waals surface area contributed by atoms with Crippen molar-refractivity contribution >= 4 is 0 Å². The lowest BCUT2D eigenvalue weighted by atomic mass is 9.91. The summed E-state index contributed by atoms with van der Waals surface area (Å²) in [5.41, 5.74) is 1.40. The number of aromatic nitrogens is 3. The van der Waals surface area contributed by atoms with Gasteiger partial charge in [0.15, 0.2) is 0 Å². The first kappa shape index (κ1) is 12.6. The summed E-state index contributed by atoms with van der Waals surface area (Å²) in [6.07, 6.45) is 5.63. The van der Waals surface area contributed by atoms with Gasteiger partial charge in [0, 0.05) is 12.7 Å². The first-order valence-electron chi connectivity index (χ1n) is 6.63. The third-order valence-electron chi connectivity index (χ3n) is 3.20. The smallest absolute Gasteiger partial charge is 0.0832 e. The average Bonchev–Trinajstić information content (AvgIpc) is 2.64. The van der Waals surface area contributed by atoms with E-state index in [1.54, 1.807) is 0 Å². The van der Waals surface area contributed by atoms with E-state index in [0.717, 1.165) is 37.7 Å². The highest BCUT2D eigenvalue weighted by atomic mass is 15.4. The van der Waals surface area contributed by atoms with E-state index in [9.17, 15) is 0 Å². The Bertz CT molecular complexity index is 345. The molecule has 0 aromatic carbocycles. The van der Waals surface area contributed by atoms with Crippen molar-refractivity contribution in [2.75, 3.05) is 13.1 Å². The Morgan fingerprint density at radius 2 is 2.06 bits per heavy atom. The van der Waals surface area contributed by atoms with Crippen LogP contribution in [0, 0.1) is 11.3 Å². The van der Waals surface area contributed by atoms with E-state index in [2.05, 4.69) is 42.6 Å². The van der Waals surface area contributed by atoms with Gasteiger partial charge >= 0.3 is 0 Å². The van der Waals surface area contributed by atoms with E-state index in [1.165, 1.54) is 12.8 Å². The molecule has 0 saturated carbocycles. The van der Waals surface area contributed by atoms with Crippen molar-refractivity contribution in [3.05, 3.63) is 11.9 Å². The van der Waals surface area contributed by atoms with E-state index in [0.29, 0.717) is 0 Å². The highest BCUT2D eigenvalue weighted by molar-refractivity contribution is 4.96.